The molecule has 4 aromatic carbocycles. The smallest absolute Gasteiger partial charge is 0.0737 e. The summed E-state index contributed by atoms with van der Waals surface area (Å²) in [6.45, 7) is 13.0. The van der Waals surface area contributed by atoms with Crippen LogP contribution < -0.4 is 0 Å². The van der Waals surface area contributed by atoms with Gasteiger partial charge in [0.25, 0.3) is 0 Å². The van der Waals surface area contributed by atoms with Crippen LogP contribution in [0.5, 0.6) is 0 Å². The number of aromatic nitrogens is 4. The van der Waals surface area contributed by atoms with Crippen molar-refractivity contribution in [3.8, 4) is 69.2 Å². The van der Waals surface area contributed by atoms with Crippen LogP contribution in [-0.4, -0.2) is 19.9 Å². The first kappa shape index (κ1) is 36.3. The Morgan fingerprint density at radius 1 is 0.397 bits per heavy atom. The molecule has 0 amide bonds. The zero-order valence-corrected chi connectivity index (χ0v) is 33.6. The third-order valence-electron chi connectivity index (χ3n) is 11.2. The number of benzene rings is 4. The Morgan fingerprint density at radius 2 is 0.724 bits per heavy atom. The fourth-order valence-corrected chi connectivity index (χ4v) is 9.02. The van der Waals surface area contributed by atoms with Crippen LogP contribution in [0, 0.1) is 66.2 Å². The number of rotatable bonds is 4. The molecule has 0 fully saturated rings. The fraction of sp³-hybridized carbons (Fsp3) is 0.111. The summed E-state index contributed by atoms with van der Waals surface area (Å²) in [6, 6.07) is 33.9. The topological polar surface area (TPSA) is 57.4 Å². The van der Waals surface area contributed by atoms with Crippen molar-refractivity contribution in [3.05, 3.63) is 164 Å². The van der Waals surface area contributed by atoms with Gasteiger partial charge in [-0.05, 0) is 159 Å². The monoisotopic (exact) mass is 746 g/mol. The summed E-state index contributed by atoms with van der Waals surface area (Å²) in [5.41, 5.74) is 24.2. The van der Waals surface area contributed by atoms with Crippen LogP contribution in [-0.2, 0) is 0 Å². The van der Waals surface area contributed by atoms with Gasteiger partial charge in [0.05, 0.1) is 22.8 Å². The van der Waals surface area contributed by atoms with Crippen LogP contribution in [0.1, 0.15) is 67.3 Å². The number of aromatic amines is 2. The Balaban J connectivity index is 1.52. The predicted molar refractivity (Wildman–Crippen MR) is 245 cm³/mol. The summed E-state index contributed by atoms with van der Waals surface area (Å²) < 4.78 is 0. The average Bonchev–Trinajstić information content (AvgIpc) is 4.04. The highest BCUT2D eigenvalue weighted by Crippen LogP contribution is 2.41. The van der Waals surface area contributed by atoms with Crippen LogP contribution in [0.4, 0.5) is 0 Å². The molecule has 0 aliphatic carbocycles. The number of nitrogens with zero attached hydrogens (tertiary/aromatic N) is 2. The Kier molecular flexibility index (Phi) is 8.92. The molecule has 2 aliphatic heterocycles. The predicted octanol–water partition coefficient (Wildman–Crippen LogP) is 13.1. The first-order valence-corrected chi connectivity index (χ1v) is 19.6. The first-order chi connectivity index (χ1) is 28.1. The maximum absolute atomic E-state index is 5.97. The van der Waals surface area contributed by atoms with Crippen LogP contribution in [0.15, 0.2) is 97.1 Å². The van der Waals surface area contributed by atoms with Crippen LogP contribution in [0.25, 0.3) is 90.9 Å². The Labute approximate surface area is 340 Å². The lowest BCUT2D eigenvalue weighted by atomic mass is 9.92. The summed E-state index contributed by atoms with van der Waals surface area (Å²) in [4.78, 5) is 18.7. The van der Waals surface area contributed by atoms with Crippen molar-refractivity contribution in [1.82, 2.24) is 19.9 Å². The average molecular weight is 747 g/mol. The molecule has 5 heterocycles. The lowest BCUT2D eigenvalue weighted by molar-refractivity contribution is 1.28. The maximum Gasteiger partial charge on any atom is 0.0737 e. The number of nitrogens with one attached hydrogen (secondary N) is 2. The second-order valence-electron chi connectivity index (χ2n) is 15.5. The van der Waals surface area contributed by atoms with Gasteiger partial charge in [-0.2, -0.15) is 0 Å². The van der Waals surface area contributed by atoms with Gasteiger partial charge in [-0.3, -0.25) is 0 Å². The van der Waals surface area contributed by atoms with Crippen LogP contribution in [0.3, 0.4) is 0 Å². The normalized spacial score (nSPS) is 11.8. The zero-order valence-electron chi connectivity index (χ0n) is 33.6. The standard InChI is InChI=1S/C54H42N4/c1-9-37-13-11-15-39(29-37)51-41-17-21-45(55-41)53(49-33(5)25-31(3)26-34(49)6)47-23-19-43(57-47)52(40-16-12-14-38(10-2)30-40)44-20-24-48(58-44)54(46-22-18-42(51)56-46)50-35(7)27-32(4)28-36(50)8/h1-2,11-30,55,58H,3-8H3. The maximum atomic E-state index is 5.97. The van der Waals surface area contributed by atoms with Crippen molar-refractivity contribution in [1.29, 1.82) is 0 Å². The van der Waals surface area contributed by atoms with E-state index in [1.54, 1.807) is 0 Å². The highest BCUT2D eigenvalue weighted by Gasteiger charge is 2.21. The van der Waals surface area contributed by atoms with E-state index in [2.05, 4.69) is 160 Å². The number of H-pyrrole nitrogens is 2. The SMILES string of the molecule is C#Cc1cccc(-c2c3nc(c(-c4c(C)cc(C)cc4C)c4ccc([nH]4)c(-c4cccc(C#C)c4)c4nc(c(-c5c(C)cc(C)cc5C)c5ccc2[nH]5)C=C4)C=C3)c1. The van der Waals surface area contributed by atoms with E-state index < -0.39 is 0 Å². The second kappa shape index (κ2) is 14.3. The molecule has 4 heteroatoms. The van der Waals surface area contributed by atoms with Gasteiger partial charge < -0.3 is 9.97 Å². The van der Waals surface area contributed by atoms with E-state index in [1.165, 1.54) is 33.4 Å². The van der Waals surface area contributed by atoms with Gasteiger partial charge in [-0.15, -0.1) is 12.8 Å². The Hall–Kier alpha value is -7.40. The molecule has 0 unspecified atom stereocenters. The molecular formula is C54H42N4. The highest BCUT2D eigenvalue weighted by molar-refractivity contribution is 6.01. The largest absolute Gasteiger partial charge is 0.354 e. The lowest BCUT2D eigenvalue weighted by Crippen LogP contribution is -1.95. The number of hydrogen-bond donors (Lipinski definition) is 2. The van der Waals surface area contributed by atoms with Crippen molar-refractivity contribution >= 4 is 46.4 Å². The second-order valence-corrected chi connectivity index (χ2v) is 15.5. The molecule has 2 aliphatic rings. The van der Waals surface area contributed by atoms with Gasteiger partial charge in [0.1, 0.15) is 0 Å². The molecule has 278 valence electrons. The van der Waals surface area contributed by atoms with Crippen molar-refractivity contribution in [3.63, 3.8) is 0 Å². The van der Waals surface area contributed by atoms with E-state index in [-0.39, 0.29) is 0 Å². The van der Waals surface area contributed by atoms with Crippen molar-refractivity contribution in [2.24, 2.45) is 0 Å². The Bertz CT molecular complexity index is 2940. The summed E-state index contributed by atoms with van der Waals surface area (Å²) in [5, 5.41) is 0. The van der Waals surface area contributed by atoms with Gasteiger partial charge in [-0.1, -0.05) is 71.5 Å². The molecule has 0 atom stereocenters. The Morgan fingerprint density at radius 3 is 1.07 bits per heavy atom. The quantitative estimate of drug-likeness (QED) is 0.176. The van der Waals surface area contributed by atoms with Gasteiger partial charge in [0.15, 0.2) is 0 Å². The van der Waals surface area contributed by atoms with Gasteiger partial charge >= 0.3 is 0 Å². The minimum atomic E-state index is 0.805. The first-order valence-electron chi connectivity index (χ1n) is 19.6. The minimum Gasteiger partial charge on any atom is -0.354 e. The van der Waals surface area contributed by atoms with E-state index in [1.807, 2.05) is 24.3 Å². The molecule has 7 aromatic rings. The number of fused-ring (bicyclic) bond motifs is 8. The molecule has 4 nitrogen and oxygen atoms in total. The van der Waals surface area contributed by atoms with E-state index in [0.717, 1.165) is 100 Å². The highest BCUT2D eigenvalue weighted by atomic mass is 14.8. The number of aryl methyl sites for hydroxylation is 6. The van der Waals surface area contributed by atoms with Gasteiger partial charge in [0.2, 0.25) is 0 Å². The molecule has 2 N–H and O–H groups in total. The number of hydrogen-bond acceptors (Lipinski definition) is 2. The molecule has 3 aromatic heterocycles. The van der Waals surface area contributed by atoms with E-state index in [4.69, 9.17) is 22.8 Å². The fourth-order valence-electron chi connectivity index (χ4n) is 9.02. The molecular weight excluding hydrogens is 705 g/mol. The minimum absolute atomic E-state index is 0.805. The molecule has 0 radical (unpaired) electrons. The number of terminal acetylenes is 2. The van der Waals surface area contributed by atoms with Crippen molar-refractivity contribution < 1.29 is 0 Å². The summed E-state index contributed by atoms with van der Waals surface area (Å²) in [5.74, 6) is 5.68. The van der Waals surface area contributed by atoms with E-state index >= 15 is 0 Å². The van der Waals surface area contributed by atoms with Gasteiger partial charge in [-0.25, -0.2) is 9.97 Å². The third-order valence-corrected chi connectivity index (χ3v) is 11.2. The molecule has 8 bridgehead atoms. The molecule has 0 saturated carbocycles. The molecule has 9 rings (SSSR count). The summed E-state index contributed by atoms with van der Waals surface area (Å²) in [6.07, 6.45) is 20.5. The van der Waals surface area contributed by atoms with Gasteiger partial charge in [0, 0.05) is 55.4 Å². The zero-order chi connectivity index (χ0) is 40.2. The van der Waals surface area contributed by atoms with E-state index in [0.29, 0.717) is 0 Å². The van der Waals surface area contributed by atoms with Crippen molar-refractivity contribution in [2.75, 3.05) is 0 Å². The van der Waals surface area contributed by atoms with Crippen LogP contribution >= 0.6 is 0 Å². The molecule has 0 spiro atoms. The van der Waals surface area contributed by atoms with Crippen LogP contribution in [0.2, 0.25) is 0 Å². The van der Waals surface area contributed by atoms with Crippen molar-refractivity contribution in [2.45, 2.75) is 41.5 Å². The third kappa shape index (κ3) is 6.26. The summed E-state index contributed by atoms with van der Waals surface area (Å²) >= 11 is 0. The van der Waals surface area contributed by atoms with E-state index in [9.17, 15) is 0 Å². The molecule has 0 saturated heterocycles. The lowest BCUT2D eigenvalue weighted by Gasteiger charge is -2.13. The molecule has 58 heavy (non-hydrogen) atoms. The summed E-state index contributed by atoms with van der Waals surface area (Å²) in [7, 11) is 0.